The topological polar surface area (TPSA) is 98.5 Å². The summed E-state index contributed by atoms with van der Waals surface area (Å²) < 4.78 is 28.9. The van der Waals surface area contributed by atoms with Crippen LogP contribution in [0.2, 0.25) is 0 Å². The summed E-state index contributed by atoms with van der Waals surface area (Å²) in [7, 11) is -3.76. The Hall–Kier alpha value is -3.16. The van der Waals surface area contributed by atoms with E-state index >= 15 is 0 Å². The van der Waals surface area contributed by atoms with Gasteiger partial charge in [-0.3, -0.25) is 4.79 Å². The van der Waals surface area contributed by atoms with Crippen LogP contribution in [0.1, 0.15) is 49.8 Å². The van der Waals surface area contributed by atoms with Crippen molar-refractivity contribution in [2.24, 2.45) is 5.14 Å². The summed E-state index contributed by atoms with van der Waals surface area (Å²) in [5.41, 5.74) is 2.79. The predicted octanol–water partition coefficient (Wildman–Crippen LogP) is 5.26. The lowest BCUT2D eigenvalue weighted by molar-refractivity contribution is -0.119. The van der Waals surface area contributed by atoms with Crippen molar-refractivity contribution in [2.45, 2.75) is 50.0 Å². The first-order chi connectivity index (χ1) is 16.3. The van der Waals surface area contributed by atoms with Gasteiger partial charge < -0.3 is 10.1 Å². The molecule has 6 nitrogen and oxygen atoms in total. The van der Waals surface area contributed by atoms with E-state index in [-0.39, 0.29) is 16.7 Å². The number of primary sulfonamides is 1. The maximum absolute atomic E-state index is 12.9. The molecule has 3 rings (SSSR count). The first-order valence-corrected chi connectivity index (χ1v) is 13.1. The first kappa shape index (κ1) is 25.5. The number of benzene rings is 3. The van der Waals surface area contributed by atoms with Crippen molar-refractivity contribution in [3.8, 4) is 5.75 Å². The molecule has 0 heterocycles. The van der Waals surface area contributed by atoms with Crippen molar-refractivity contribution in [3.05, 3.63) is 90.0 Å². The number of ketones is 1. The number of ether oxygens (including phenoxy) is 1. The molecule has 3 aromatic carbocycles. The average Bonchev–Trinajstić information content (AvgIpc) is 2.83. The molecule has 3 aromatic rings. The number of rotatable bonds is 13. The monoisotopic (exact) mass is 480 g/mol. The number of hydrogen-bond acceptors (Lipinski definition) is 5. The van der Waals surface area contributed by atoms with Gasteiger partial charge in [0.2, 0.25) is 10.0 Å². The Balaban J connectivity index is 1.73. The third-order valence-electron chi connectivity index (χ3n) is 5.54. The number of nitrogens with one attached hydrogen (secondary N) is 1. The summed E-state index contributed by atoms with van der Waals surface area (Å²) >= 11 is 0. The third kappa shape index (κ3) is 8.01. The number of hydrogen-bond donors (Lipinski definition) is 2. The maximum Gasteiger partial charge on any atom is 0.238 e. The van der Waals surface area contributed by atoms with Crippen LogP contribution in [0.15, 0.2) is 83.8 Å². The number of sulfonamides is 1. The molecule has 180 valence electrons. The summed E-state index contributed by atoms with van der Waals surface area (Å²) in [5.74, 6) is 0.939. The molecule has 0 amide bonds. The van der Waals surface area contributed by atoms with Gasteiger partial charge >= 0.3 is 0 Å². The molecule has 0 saturated heterocycles. The molecule has 0 aliphatic rings. The van der Waals surface area contributed by atoms with E-state index in [0.29, 0.717) is 31.6 Å². The van der Waals surface area contributed by atoms with E-state index in [9.17, 15) is 13.2 Å². The van der Waals surface area contributed by atoms with Crippen LogP contribution in [0.4, 0.5) is 5.69 Å². The molecule has 0 aliphatic heterocycles. The van der Waals surface area contributed by atoms with Gasteiger partial charge in [-0.15, -0.1) is 0 Å². The van der Waals surface area contributed by atoms with Gasteiger partial charge in [0.1, 0.15) is 11.5 Å². The van der Waals surface area contributed by atoms with E-state index in [1.165, 1.54) is 12.1 Å². The maximum atomic E-state index is 12.9. The number of aryl methyl sites for hydroxylation is 1. The zero-order chi connectivity index (χ0) is 24.4. The summed E-state index contributed by atoms with van der Waals surface area (Å²) in [6.45, 7) is 2.79. The van der Waals surface area contributed by atoms with Gasteiger partial charge in [0.05, 0.1) is 17.5 Å². The smallest absolute Gasteiger partial charge is 0.238 e. The van der Waals surface area contributed by atoms with E-state index in [4.69, 9.17) is 9.88 Å². The lowest BCUT2D eigenvalue weighted by atomic mass is 9.97. The Kier molecular flexibility index (Phi) is 9.24. The molecule has 0 aliphatic carbocycles. The quantitative estimate of drug-likeness (QED) is 0.325. The number of anilines is 1. The van der Waals surface area contributed by atoms with Crippen molar-refractivity contribution < 1.29 is 17.9 Å². The van der Waals surface area contributed by atoms with E-state index in [1.54, 1.807) is 12.1 Å². The molecule has 7 heteroatoms. The van der Waals surface area contributed by atoms with Gasteiger partial charge in [-0.2, -0.15) is 0 Å². The lowest BCUT2D eigenvalue weighted by Crippen LogP contribution is -2.16. The van der Waals surface area contributed by atoms with Gasteiger partial charge in [-0.25, -0.2) is 13.6 Å². The Morgan fingerprint density at radius 2 is 1.65 bits per heavy atom. The molecule has 1 atom stereocenters. The molecule has 1 unspecified atom stereocenters. The fraction of sp³-hybridized carbons (Fsp3) is 0.296. The van der Waals surface area contributed by atoms with Crippen LogP contribution in [0.3, 0.4) is 0 Å². The number of carbonyl (C=O) groups excluding carboxylic acids is 1. The van der Waals surface area contributed by atoms with E-state index in [0.717, 1.165) is 29.7 Å². The zero-order valence-corrected chi connectivity index (χ0v) is 20.3. The van der Waals surface area contributed by atoms with Crippen molar-refractivity contribution in [1.29, 1.82) is 0 Å². The molecule has 34 heavy (non-hydrogen) atoms. The number of unbranched alkanes of at least 4 members (excludes halogenated alkanes) is 1. The highest BCUT2D eigenvalue weighted by atomic mass is 32.2. The highest BCUT2D eigenvalue weighted by Gasteiger charge is 2.17. The van der Waals surface area contributed by atoms with Crippen molar-refractivity contribution in [3.63, 3.8) is 0 Å². The Labute approximate surface area is 202 Å². The second kappa shape index (κ2) is 12.3. The van der Waals surface area contributed by atoms with Gasteiger partial charge in [-0.05, 0) is 60.4 Å². The van der Waals surface area contributed by atoms with E-state index in [2.05, 4.69) is 12.2 Å². The first-order valence-electron chi connectivity index (χ1n) is 11.5. The van der Waals surface area contributed by atoms with Crippen LogP contribution in [-0.2, 0) is 21.2 Å². The van der Waals surface area contributed by atoms with Crippen LogP contribution < -0.4 is 15.2 Å². The minimum absolute atomic E-state index is 0.0436. The Morgan fingerprint density at radius 1 is 0.971 bits per heavy atom. The summed E-state index contributed by atoms with van der Waals surface area (Å²) in [4.78, 5) is 12.9. The fourth-order valence-electron chi connectivity index (χ4n) is 3.58. The van der Waals surface area contributed by atoms with Crippen LogP contribution in [0.5, 0.6) is 5.75 Å². The fourth-order valence-corrected chi connectivity index (χ4v) is 4.10. The standard InChI is InChI=1S/C27H32N2O4S/c1-2-3-19-33-25-15-10-22(11-16-25)27(20-24(30)14-9-21-7-5-4-6-8-21)29-23-12-17-26(18-13-23)34(28,31)32/h4-8,10-13,15-18,27,29H,2-3,9,14,19-20H2,1H3,(H2,28,31,32). The van der Waals surface area contributed by atoms with Gasteiger partial charge in [-0.1, -0.05) is 55.8 Å². The van der Waals surface area contributed by atoms with Crippen LogP contribution >= 0.6 is 0 Å². The van der Waals surface area contributed by atoms with Crippen LogP contribution in [0.25, 0.3) is 0 Å². The van der Waals surface area contributed by atoms with E-state index in [1.807, 2.05) is 54.6 Å². The molecule has 0 radical (unpaired) electrons. The van der Waals surface area contributed by atoms with Crippen LogP contribution in [-0.4, -0.2) is 20.8 Å². The molecular weight excluding hydrogens is 448 g/mol. The second-order valence-electron chi connectivity index (χ2n) is 8.27. The summed E-state index contributed by atoms with van der Waals surface area (Å²) in [5, 5.41) is 8.58. The minimum atomic E-state index is -3.76. The van der Waals surface area contributed by atoms with Gasteiger partial charge in [0.25, 0.3) is 0 Å². The molecule has 3 N–H and O–H groups in total. The summed E-state index contributed by atoms with van der Waals surface area (Å²) in [6, 6.07) is 23.6. The number of nitrogens with two attached hydrogens (primary N) is 1. The molecule has 0 aromatic heterocycles. The molecule has 0 saturated carbocycles. The number of Topliss-reactive ketones (excluding diaryl/α,β-unsaturated/α-hetero) is 1. The second-order valence-corrected chi connectivity index (χ2v) is 9.83. The molecule has 0 bridgehead atoms. The van der Waals surface area contributed by atoms with Crippen molar-refractivity contribution in [1.82, 2.24) is 0 Å². The average molecular weight is 481 g/mol. The highest BCUT2D eigenvalue weighted by Crippen LogP contribution is 2.26. The molecule has 0 spiro atoms. The van der Waals surface area contributed by atoms with Gasteiger partial charge in [0, 0.05) is 18.5 Å². The minimum Gasteiger partial charge on any atom is -0.494 e. The normalized spacial score (nSPS) is 12.2. The van der Waals surface area contributed by atoms with Gasteiger partial charge in [0.15, 0.2) is 0 Å². The Morgan fingerprint density at radius 3 is 2.26 bits per heavy atom. The Bertz CT molecular complexity index is 1150. The zero-order valence-electron chi connectivity index (χ0n) is 19.4. The molecular formula is C27H32N2O4S. The van der Waals surface area contributed by atoms with Crippen molar-refractivity contribution >= 4 is 21.5 Å². The van der Waals surface area contributed by atoms with Crippen molar-refractivity contribution in [2.75, 3.05) is 11.9 Å². The highest BCUT2D eigenvalue weighted by molar-refractivity contribution is 7.89. The molecule has 0 fully saturated rings. The SMILES string of the molecule is CCCCOc1ccc(C(CC(=O)CCc2ccccc2)Nc2ccc(S(N)(=O)=O)cc2)cc1. The largest absolute Gasteiger partial charge is 0.494 e. The summed E-state index contributed by atoms with van der Waals surface area (Å²) in [6.07, 6.45) is 3.51. The van der Waals surface area contributed by atoms with Crippen LogP contribution in [0, 0.1) is 0 Å². The van der Waals surface area contributed by atoms with E-state index < -0.39 is 10.0 Å². The third-order valence-corrected chi connectivity index (χ3v) is 6.47. The number of carbonyl (C=O) groups is 1. The lowest BCUT2D eigenvalue weighted by Gasteiger charge is -2.21. The predicted molar refractivity (Wildman–Crippen MR) is 135 cm³/mol.